The molecule has 1 saturated carbocycles. The van der Waals surface area contributed by atoms with Gasteiger partial charge in [0.15, 0.2) is 0 Å². The van der Waals surface area contributed by atoms with Crippen molar-refractivity contribution in [1.82, 2.24) is 19.6 Å². The number of carbonyl (C=O) groups is 4. The number of benzene rings is 3. The number of ether oxygens (including phenoxy) is 1. The number of likely N-dealkylation sites (tertiary alicyclic amines) is 2. The molecule has 6 atom stereocenters. The third kappa shape index (κ3) is 5.81. The maximum atomic E-state index is 15.3. The van der Waals surface area contributed by atoms with E-state index in [4.69, 9.17) is 21.4 Å². The highest BCUT2D eigenvalue weighted by Gasteiger charge is 2.68. The predicted molar refractivity (Wildman–Crippen MR) is 230 cm³/mol. The molecule has 3 saturated heterocycles. The summed E-state index contributed by atoms with van der Waals surface area (Å²) in [6, 6.07) is 22.6. The van der Waals surface area contributed by atoms with Crippen molar-refractivity contribution in [3.8, 4) is 22.1 Å². The fraction of sp³-hybridized carbons (Fsp3) is 0.383. The zero-order valence-corrected chi connectivity index (χ0v) is 35.5. The monoisotopic (exact) mass is 843 g/mol. The Kier molecular flexibility index (Phi) is 9.34. The Labute approximate surface area is 357 Å². The lowest BCUT2D eigenvalue weighted by Gasteiger charge is -2.49. The van der Waals surface area contributed by atoms with Crippen molar-refractivity contribution in [2.24, 2.45) is 36.1 Å². The fourth-order valence-corrected chi connectivity index (χ4v) is 12.6. The number of nitrogens with zero attached hydrogens (tertiary/aromatic N) is 5. The average Bonchev–Trinajstić information content (AvgIpc) is 3.92. The minimum absolute atomic E-state index is 0.0379. The van der Waals surface area contributed by atoms with Crippen LogP contribution in [0.25, 0.3) is 20.7 Å². The number of aromatic hydroxyl groups is 1. The Morgan fingerprint density at radius 1 is 0.950 bits per heavy atom. The van der Waals surface area contributed by atoms with Crippen molar-refractivity contribution in [2.45, 2.75) is 58.0 Å². The van der Waals surface area contributed by atoms with Crippen LogP contribution in [-0.4, -0.2) is 74.6 Å². The van der Waals surface area contributed by atoms with Gasteiger partial charge in [0.2, 0.25) is 23.6 Å². The van der Waals surface area contributed by atoms with Gasteiger partial charge in [0.1, 0.15) is 23.0 Å². The lowest BCUT2D eigenvalue weighted by atomic mass is 9.51. The van der Waals surface area contributed by atoms with Crippen molar-refractivity contribution >= 4 is 62.5 Å². The summed E-state index contributed by atoms with van der Waals surface area (Å²) in [7, 11) is 3.27. The molecule has 0 radical (unpaired) electrons. The molecule has 10 rings (SSSR count). The van der Waals surface area contributed by atoms with Gasteiger partial charge in [-0.05, 0) is 98.4 Å². The van der Waals surface area contributed by atoms with Gasteiger partial charge in [0.05, 0.1) is 35.2 Å². The number of aromatic nitrogens is 2. The first-order chi connectivity index (χ1) is 28.9. The Bertz CT molecular complexity index is 2650. The summed E-state index contributed by atoms with van der Waals surface area (Å²) in [5.41, 5.74) is 2.78. The molecule has 4 amide bonds. The minimum atomic E-state index is -1.35. The van der Waals surface area contributed by atoms with Crippen LogP contribution in [0.5, 0.6) is 11.5 Å². The smallest absolute Gasteiger partial charge is 0.242 e. The molecular weight excluding hydrogens is 798 g/mol. The normalized spacial score (nSPS) is 27.1. The van der Waals surface area contributed by atoms with Crippen molar-refractivity contribution < 1.29 is 29.0 Å². The third-order valence-corrected chi connectivity index (χ3v) is 15.8. The first-order valence-electron chi connectivity index (χ1n) is 20.7. The summed E-state index contributed by atoms with van der Waals surface area (Å²) >= 11 is 7.92. The number of hydrogen-bond acceptors (Lipinski definition) is 9. The van der Waals surface area contributed by atoms with Crippen molar-refractivity contribution in [1.29, 1.82) is 0 Å². The van der Waals surface area contributed by atoms with Crippen LogP contribution < -0.4 is 9.64 Å². The average molecular weight is 844 g/mol. The van der Waals surface area contributed by atoms with E-state index in [1.165, 1.54) is 17.6 Å². The van der Waals surface area contributed by atoms with E-state index in [-0.39, 0.29) is 35.9 Å². The molecule has 0 bridgehead atoms. The summed E-state index contributed by atoms with van der Waals surface area (Å²) in [5, 5.41) is 18.1. The maximum Gasteiger partial charge on any atom is 0.242 e. The van der Waals surface area contributed by atoms with Crippen LogP contribution in [0, 0.1) is 36.0 Å². The van der Waals surface area contributed by atoms with E-state index in [2.05, 4.69) is 17.0 Å². The Morgan fingerprint density at radius 2 is 1.72 bits per heavy atom. The first kappa shape index (κ1) is 38.9. The van der Waals surface area contributed by atoms with Gasteiger partial charge in [-0.15, -0.1) is 11.3 Å². The zero-order chi connectivity index (χ0) is 41.8. The number of allylic oxidation sites excluding steroid dienone is 2. The molecule has 11 nitrogen and oxygen atoms in total. The van der Waals surface area contributed by atoms with Crippen LogP contribution in [0.2, 0.25) is 5.02 Å². The SMILES string of the molecule is COc1ccc(O)c(C2C3=CCC4C(=O)N(C5CCN(Cc6ccccc6)CC5)C(=O)C4C3CC3C(=O)N(c4cc(-c5sc6ccc(Cl)cc6c5C)nn4C)C(=O)C32C)c1. The van der Waals surface area contributed by atoms with E-state index >= 15 is 9.59 Å². The van der Waals surface area contributed by atoms with Crippen molar-refractivity contribution in [3.05, 3.63) is 106 Å². The predicted octanol–water partition coefficient (Wildman–Crippen LogP) is 7.87. The number of imide groups is 2. The number of thiophene rings is 1. The number of fused-ring (bicyclic) bond motifs is 5. The molecule has 3 aromatic carbocycles. The van der Waals surface area contributed by atoms with Gasteiger partial charge in [-0.1, -0.05) is 53.6 Å². The second-order valence-corrected chi connectivity index (χ2v) is 18.8. The van der Waals surface area contributed by atoms with Crippen LogP contribution in [0.3, 0.4) is 0 Å². The summed E-state index contributed by atoms with van der Waals surface area (Å²) in [6.07, 6.45) is 3.96. The zero-order valence-electron chi connectivity index (χ0n) is 33.9. The van der Waals surface area contributed by atoms with E-state index < -0.39 is 40.9 Å². The van der Waals surface area contributed by atoms with Crippen LogP contribution in [0.4, 0.5) is 5.82 Å². The number of carbonyl (C=O) groups excluding carboxylic acids is 4. The largest absolute Gasteiger partial charge is 0.508 e. The third-order valence-electron chi connectivity index (χ3n) is 14.2. The van der Waals surface area contributed by atoms with E-state index in [1.807, 2.05) is 56.3 Å². The van der Waals surface area contributed by atoms with Crippen molar-refractivity contribution in [3.63, 3.8) is 0 Å². The fourth-order valence-electron chi connectivity index (χ4n) is 11.2. The van der Waals surface area contributed by atoms with Gasteiger partial charge in [-0.25, -0.2) is 4.90 Å². The van der Waals surface area contributed by atoms with Crippen LogP contribution in [0.1, 0.15) is 55.2 Å². The quantitative estimate of drug-likeness (QED) is 0.130. The van der Waals surface area contributed by atoms with Crippen LogP contribution >= 0.6 is 22.9 Å². The Balaban J connectivity index is 1.00. The van der Waals surface area contributed by atoms with Crippen LogP contribution in [-0.2, 0) is 32.8 Å². The van der Waals surface area contributed by atoms with Gasteiger partial charge in [0, 0.05) is 60.0 Å². The molecule has 5 aliphatic rings. The van der Waals surface area contributed by atoms with Gasteiger partial charge < -0.3 is 9.84 Å². The van der Waals surface area contributed by atoms with Crippen molar-refractivity contribution in [2.75, 3.05) is 25.1 Å². The topological polar surface area (TPSA) is 125 Å². The summed E-state index contributed by atoms with van der Waals surface area (Å²) in [6.45, 7) is 6.20. The number of piperidine rings is 1. The van der Waals surface area contributed by atoms with E-state index in [1.54, 1.807) is 52.2 Å². The number of halogens is 1. The van der Waals surface area contributed by atoms with E-state index in [0.29, 0.717) is 47.1 Å². The number of hydrogen-bond donors (Lipinski definition) is 1. The highest BCUT2D eigenvalue weighted by molar-refractivity contribution is 7.22. The van der Waals surface area contributed by atoms with Crippen LogP contribution in [0.15, 0.2) is 84.4 Å². The molecule has 5 aromatic rings. The van der Waals surface area contributed by atoms with E-state index in [0.717, 1.165) is 45.7 Å². The molecular formula is C47H46ClN5O6S. The Morgan fingerprint density at radius 3 is 2.47 bits per heavy atom. The minimum Gasteiger partial charge on any atom is -0.508 e. The summed E-state index contributed by atoms with van der Waals surface area (Å²) in [5.74, 6) is -3.70. The summed E-state index contributed by atoms with van der Waals surface area (Å²) < 4.78 is 8.24. The highest BCUT2D eigenvalue weighted by atomic mass is 35.5. The number of amides is 4. The number of anilines is 1. The number of phenolic OH excluding ortho intramolecular Hbond substituents is 1. The highest BCUT2D eigenvalue weighted by Crippen LogP contribution is 2.65. The molecule has 1 N–H and O–H groups in total. The summed E-state index contributed by atoms with van der Waals surface area (Å²) in [4.78, 5) is 65.5. The molecule has 13 heteroatoms. The second kappa shape index (κ2) is 14.4. The molecule has 5 heterocycles. The molecule has 0 spiro atoms. The number of aryl methyl sites for hydroxylation is 2. The van der Waals surface area contributed by atoms with Gasteiger partial charge in [0.25, 0.3) is 0 Å². The molecule has 308 valence electrons. The Hall–Kier alpha value is -5.30. The molecule has 6 unspecified atom stereocenters. The second-order valence-electron chi connectivity index (χ2n) is 17.3. The number of phenols is 1. The lowest BCUT2D eigenvalue weighted by Crippen LogP contribution is -2.49. The molecule has 60 heavy (non-hydrogen) atoms. The van der Waals surface area contributed by atoms with Gasteiger partial charge in [-0.3, -0.25) is 33.7 Å². The molecule has 2 aromatic heterocycles. The van der Waals surface area contributed by atoms with Gasteiger partial charge >= 0.3 is 0 Å². The lowest BCUT2D eigenvalue weighted by molar-refractivity contribution is -0.144. The van der Waals surface area contributed by atoms with E-state index in [9.17, 15) is 14.7 Å². The van der Waals surface area contributed by atoms with Gasteiger partial charge in [-0.2, -0.15) is 5.10 Å². The molecule has 2 aliphatic carbocycles. The molecule has 4 fully saturated rings. The number of rotatable bonds is 7. The maximum absolute atomic E-state index is 15.3. The standard InChI is InChI=1S/C47H46ClN5O6S/c1-25-32-20-27(48)10-15-38(32)60-42(25)36-23-39(50(3)49-36)53-44(56)35-22-33-30(41(47(35,2)46(53)58)34-21-29(59-4)11-14-37(34)54)12-13-31-40(33)45(57)52(43(31)55)28-16-18-51(19-17-28)24-26-8-6-5-7-9-26/h5-12,14-15,20-21,23,28,31,33,35,40-41,54H,13,16-19,22,24H2,1-4H3. The molecule has 3 aliphatic heterocycles. The number of methoxy groups -OCH3 is 1. The first-order valence-corrected chi connectivity index (χ1v) is 21.9.